The predicted molar refractivity (Wildman–Crippen MR) is 92.2 cm³/mol. The van der Waals surface area contributed by atoms with Crippen molar-refractivity contribution in [3.8, 4) is 0 Å². The number of hydrogen-bond donors (Lipinski definition) is 1. The standard InChI is InChI=1S/C17H32O9/c1-2-3-17(20)26-15-14-25-13-12-24-11-10-23-9-8-22-7-6-21-5-4-16(18)19/h2-15H2,1H3,(H,18,19). The van der Waals surface area contributed by atoms with Gasteiger partial charge in [-0.3, -0.25) is 9.59 Å². The summed E-state index contributed by atoms with van der Waals surface area (Å²) >= 11 is 0. The molecule has 0 saturated carbocycles. The van der Waals surface area contributed by atoms with Crippen molar-refractivity contribution in [2.45, 2.75) is 26.2 Å². The Labute approximate surface area is 154 Å². The van der Waals surface area contributed by atoms with E-state index >= 15 is 0 Å². The number of hydrogen-bond acceptors (Lipinski definition) is 8. The summed E-state index contributed by atoms with van der Waals surface area (Å²) in [4.78, 5) is 21.3. The van der Waals surface area contributed by atoms with Crippen LogP contribution in [-0.2, 0) is 38.0 Å². The smallest absolute Gasteiger partial charge is 0.305 e. The van der Waals surface area contributed by atoms with Crippen molar-refractivity contribution in [2.24, 2.45) is 0 Å². The monoisotopic (exact) mass is 380 g/mol. The van der Waals surface area contributed by atoms with Gasteiger partial charge in [0.05, 0.1) is 72.5 Å². The van der Waals surface area contributed by atoms with Gasteiger partial charge in [0.1, 0.15) is 6.61 Å². The Balaban J connectivity index is 3.05. The first-order valence-electron chi connectivity index (χ1n) is 8.93. The molecule has 0 aromatic rings. The summed E-state index contributed by atoms with van der Waals surface area (Å²) in [7, 11) is 0. The number of aliphatic carboxylic acids is 1. The van der Waals surface area contributed by atoms with Crippen molar-refractivity contribution in [1.82, 2.24) is 0 Å². The van der Waals surface area contributed by atoms with Gasteiger partial charge in [-0.05, 0) is 6.42 Å². The maximum atomic E-state index is 11.1. The molecule has 9 heteroatoms. The first-order valence-corrected chi connectivity index (χ1v) is 8.93. The highest BCUT2D eigenvalue weighted by molar-refractivity contribution is 5.69. The van der Waals surface area contributed by atoms with Gasteiger partial charge in [-0.1, -0.05) is 6.92 Å². The highest BCUT2D eigenvalue weighted by Gasteiger charge is 2.00. The third kappa shape index (κ3) is 20.8. The van der Waals surface area contributed by atoms with Gasteiger partial charge >= 0.3 is 11.9 Å². The quantitative estimate of drug-likeness (QED) is 0.243. The summed E-state index contributed by atoms with van der Waals surface area (Å²) in [5.41, 5.74) is 0. The minimum Gasteiger partial charge on any atom is -0.481 e. The molecule has 0 aromatic heterocycles. The van der Waals surface area contributed by atoms with Crippen molar-refractivity contribution >= 4 is 11.9 Å². The fourth-order valence-corrected chi connectivity index (χ4v) is 1.63. The molecule has 0 saturated heterocycles. The lowest BCUT2D eigenvalue weighted by Crippen LogP contribution is -2.15. The van der Waals surface area contributed by atoms with E-state index in [-0.39, 0.29) is 25.6 Å². The molecule has 0 aliphatic heterocycles. The molecule has 0 aliphatic rings. The van der Waals surface area contributed by atoms with Crippen molar-refractivity contribution in [2.75, 3.05) is 72.7 Å². The number of rotatable bonds is 20. The second-order valence-corrected chi connectivity index (χ2v) is 5.18. The maximum absolute atomic E-state index is 11.1. The molecule has 0 radical (unpaired) electrons. The lowest BCUT2D eigenvalue weighted by molar-refractivity contribution is -0.145. The van der Waals surface area contributed by atoms with E-state index in [0.717, 1.165) is 6.42 Å². The van der Waals surface area contributed by atoms with Crippen molar-refractivity contribution < 1.29 is 43.1 Å². The molecule has 0 bridgehead atoms. The Hall–Kier alpha value is -1.26. The average Bonchev–Trinajstić information content (AvgIpc) is 2.60. The zero-order valence-corrected chi connectivity index (χ0v) is 15.6. The zero-order valence-electron chi connectivity index (χ0n) is 15.6. The molecule has 0 heterocycles. The molecule has 0 atom stereocenters. The van der Waals surface area contributed by atoms with Crippen LogP contribution >= 0.6 is 0 Å². The lowest BCUT2D eigenvalue weighted by atomic mass is 10.3. The van der Waals surface area contributed by atoms with Crippen LogP contribution < -0.4 is 0 Å². The van der Waals surface area contributed by atoms with E-state index in [1.54, 1.807) is 0 Å². The minimum absolute atomic E-state index is 0.000558. The third-order valence-electron chi connectivity index (χ3n) is 2.89. The Morgan fingerprint density at radius 3 is 1.38 bits per heavy atom. The first-order chi connectivity index (χ1) is 12.7. The van der Waals surface area contributed by atoms with E-state index in [1.165, 1.54) is 0 Å². The van der Waals surface area contributed by atoms with Crippen LogP contribution in [0.3, 0.4) is 0 Å². The van der Waals surface area contributed by atoms with Crippen LogP contribution in [0, 0.1) is 0 Å². The van der Waals surface area contributed by atoms with Crippen LogP contribution in [0.5, 0.6) is 0 Å². The molecule has 0 fully saturated rings. The summed E-state index contributed by atoms with van der Waals surface area (Å²) in [5, 5.41) is 8.41. The molecule has 0 aliphatic carbocycles. The SMILES string of the molecule is CCCC(=O)OCCOCCOCCOCCOCCOCCC(=O)O. The molecule has 154 valence electrons. The summed E-state index contributed by atoms with van der Waals surface area (Å²) in [6, 6.07) is 0. The summed E-state index contributed by atoms with van der Waals surface area (Å²) in [5.74, 6) is -1.07. The van der Waals surface area contributed by atoms with Crippen molar-refractivity contribution in [3.05, 3.63) is 0 Å². The van der Waals surface area contributed by atoms with E-state index in [0.29, 0.717) is 65.9 Å². The summed E-state index contributed by atoms with van der Waals surface area (Å²) in [6.07, 6.45) is 1.22. The Morgan fingerprint density at radius 1 is 0.615 bits per heavy atom. The fourth-order valence-electron chi connectivity index (χ4n) is 1.63. The number of carbonyl (C=O) groups is 2. The molecule has 26 heavy (non-hydrogen) atoms. The number of carboxylic acids is 1. The zero-order chi connectivity index (χ0) is 19.3. The van der Waals surface area contributed by atoms with E-state index in [9.17, 15) is 9.59 Å². The van der Waals surface area contributed by atoms with Gasteiger partial charge in [0.15, 0.2) is 0 Å². The number of ether oxygens (including phenoxy) is 6. The second-order valence-electron chi connectivity index (χ2n) is 5.18. The summed E-state index contributed by atoms with van der Waals surface area (Å²) < 4.78 is 31.2. The maximum Gasteiger partial charge on any atom is 0.305 e. The van der Waals surface area contributed by atoms with Crippen molar-refractivity contribution in [1.29, 1.82) is 0 Å². The number of carboxylic acid groups (broad SMARTS) is 1. The molecular weight excluding hydrogens is 348 g/mol. The van der Waals surface area contributed by atoms with Gasteiger partial charge in [0.2, 0.25) is 0 Å². The third-order valence-corrected chi connectivity index (χ3v) is 2.89. The van der Waals surface area contributed by atoms with Gasteiger partial charge in [0, 0.05) is 6.42 Å². The predicted octanol–water partition coefficient (Wildman–Crippen LogP) is 0.887. The molecule has 9 nitrogen and oxygen atoms in total. The van der Waals surface area contributed by atoms with Crippen LogP contribution in [0.2, 0.25) is 0 Å². The highest BCUT2D eigenvalue weighted by atomic mass is 16.6. The van der Waals surface area contributed by atoms with Gasteiger partial charge in [-0.15, -0.1) is 0 Å². The molecule has 0 aromatic carbocycles. The van der Waals surface area contributed by atoms with E-state index in [2.05, 4.69) is 0 Å². The van der Waals surface area contributed by atoms with Gasteiger partial charge in [-0.2, -0.15) is 0 Å². The topological polar surface area (TPSA) is 110 Å². The van der Waals surface area contributed by atoms with Crippen LogP contribution in [0.15, 0.2) is 0 Å². The molecular formula is C17H32O9. The van der Waals surface area contributed by atoms with Crippen molar-refractivity contribution in [3.63, 3.8) is 0 Å². The van der Waals surface area contributed by atoms with E-state index in [1.807, 2.05) is 6.92 Å². The largest absolute Gasteiger partial charge is 0.481 e. The fraction of sp³-hybridized carbons (Fsp3) is 0.882. The molecule has 0 spiro atoms. The summed E-state index contributed by atoms with van der Waals surface area (Å²) in [6.45, 7) is 6.26. The van der Waals surface area contributed by atoms with Crippen LogP contribution in [0.1, 0.15) is 26.2 Å². The Bertz CT molecular complexity index is 336. The van der Waals surface area contributed by atoms with Gasteiger partial charge in [-0.25, -0.2) is 0 Å². The van der Waals surface area contributed by atoms with Crippen LogP contribution in [0.25, 0.3) is 0 Å². The van der Waals surface area contributed by atoms with E-state index in [4.69, 9.17) is 33.5 Å². The van der Waals surface area contributed by atoms with Gasteiger partial charge < -0.3 is 33.5 Å². The first kappa shape index (κ1) is 24.7. The molecule has 0 amide bonds. The molecule has 0 rings (SSSR count). The highest BCUT2D eigenvalue weighted by Crippen LogP contribution is 1.91. The average molecular weight is 380 g/mol. The Morgan fingerprint density at radius 2 is 1.00 bits per heavy atom. The van der Waals surface area contributed by atoms with E-state index < -0.39 is 5.97 Å². The minimum atomic E-state index is -0.874. The number of esters is 1. The van der Waals surface area contributed by atoms with Gasteiger partial charge in [0.25, 0.3) is 0 Å². The van der Waals surface area contributed by atoms with Crippen LogP contribution in [0.4, 0.5) is 0 Å². The number of carbonyl (C=O) groups excluding carboxylic acids is 1. The Kier molecular flexibility index (Phi) is 19.1. The second kappa shape index (κ2) is 20.1. The molecule has 0 unspecified atom stereocenters. The van der Waals surface area contributed by atoms with Crippen LogP contribution in [-0.4, -0.2) is 89.7 Å². The lowest BCUT2D eigenvalue weighted by Gasteiger charge is -2.08. The molecule has 1 N–H and O–H groups in total. The normalized spacial score (nSPS) is 10.8.